The number of hydrogen-bond acceptors (Lipinski definition) is 2. The second-order valence-corrected chi connectivity index (χ2v) is 5.84. The van der Waals surface area contributed by atoms with Crippen molar-refractivity contribution in [2.75, 3.05) is 0 Å². The molecule has 5 rings (SSSR count). The van der Waals surface area contributed by atoms with Crippen LogP contribution in [-0.2, 0) is 0 Å². The van der Waals surface area contributed by atoms with Gasteiger partial charge in [-0.1, -0.05) is 6.07 Å². The molecule has 0 aliphatic carbocycles. The van der Waals surface area contributed by atoms with E-state index >= 15 is 0 Å². The van der Waals surface area contributed by atoms with Crippen LogP contribution in [0.15, 0.2) is 48.5 Å². The number of fused-ring (bicyclic) bond motifs is 10. The zero-order chi connectivity index (χ0) is 15.9. The molecule has 3 aromatic rings. The van der Waals surface area contributed by atoms with Crippen molar-refractivity contribution in [1.82, 2.24) is 19.9 Å². The molecule has 4 nitrogen and oxygen atoms in total. The molecule has 5 heterocycles. The maximum atomic E-state index is 4.66. The number of H-pyrrole nitrogens is 2. The van der Waals surface area contributed by atoms with E-state index in [1.54, 1.807) is 0 Å². The molecule has 0 saturated carbocycles. The fourth-order valence-electron chi connectivity index (χ4n) is 2.94. The molecule has 2 aliphatic heterocycles. The van der Waals surface area contributed by atoms with Crippen molar-refractivity contribution in [3.63, 3.8) is 0 Å². The molecule has 0 spiro atoms. The van der Waals surface area contributed by atoms with Crippen LogP contribution in [0.5, 0.6) is 0 Å². The molecule has 0 saturated heterocycles. The quantitative estimate of drug-likeness (QED) is 0.437. The summed E-state index contributed by atoms with van der Waals surface area (Å²) in [6.45, 7) is 0. The van der Waals surface area contributed by atoms with Gasteiger partial charge in [-0.15, -0.1) is 0 Å². The van der Waals surface area contributed by atoms with Gasteiger partial charge in [0.1, 0.15) is 0 Å². The van der Waals surface area contributed by atoms with Crippen LogP contribution in [0, 0.1) is 0 Å². The van der Waals surface area contributed by atoms with Gasteiger partial charge in [-0.2, -0.15) is 0 Å². The van der Waals surface area contributed by atoms with E-state index in [4.69, 9.17) is 0 Å². The monoisotopic (exact) mass is 310 g/mol. The second kappa shape index (κ2) is 5.06. The maximum Gasteiger partial charge on any atom is 0.0894 e. The number of nitrogens with zero attached hydrogens (tertiary/aromatic N) is 2. The molecule has 2 aliphatic rings. The lowest BCUT2D eigenvalue weighted by molar-refractivity contribution is 1.23. The van der Waals surface area contributed by atoms with Crippen LogP contribution in [0.25, 0.3) is 46.4 Å². The van der Waals surface area contributed by atoms with Gasteiger partial charge in [-0.3, -0.25) is 0 Å². The molecule has 0 unspecified atom stereocenters. The molecule has 0 fully saturated rings. The molecule has 8 bridgehead atoms. The Bertz CT molecular complexity index is 1160. The molecule has 0 atom stereocenters. The molecule has 4 heteroatoms. The van der Waals surface area contributed by atoms with E-state index < -0.39 is 0 Å². The predicted molar refractivity (Wildman–Crippen MR) is 98.9 cm³/mol. The van der Waals surface area contributed by atoms with Gasteiger partial charge in [0.15, 0.2) is 0 Å². The average molecular weight is 310 g/mol. The lowest BCUT2D eigenvalue weighted by atomic mass is 10.3. The predicted octanol–water partition coefficient (Wildman–Crippen LogP) is 4.66. The van der Waals surface area contributed by atoms with E-state index in [2.05, 4.69) is 44.2 Å². The van der Waals surface area contributed by atoms with Gasteiger partial charge in [-0.05, 0) is 66.8 Å². The first kappa shape index (κ1) is 13.1. The van der Waals surface area contributed by atoms with Crippen molar-refractivity contribution in [2.24, 2.45) is 0 Å². The third-order valence-corrected chi connectivity index (χ3v) is 4.14. The molecule has 0 aromatic carbocycles. The van der Waals surface area contributed by atoms with Gasteiger partial charge in [0.25, 0.3) is 0 Å². The minimum absolute atomic E-state index is 0.899. The van der Waals surface area contributed by atoms with E-state index in [-0.39, 0.29) is 0 Å². The Hall–Kier alpha value is -3.40. The number of rotatable bonds is 0. The first-order chi connectivity index (χ1) is 11.8. The van der Waals surface area contributed by atoms with Crippen LogP contribution in [0.3, 0.4) is 0 Å². The number of aromatic nitrogens is 4. The topological polar surface area (TPSA) is 57.4 Å². The largest absolute Gasteiger partial charge is 0.354 e. The molecule has 3 aromatic heterocycles. The van der Waals surface area contributed by atoms with Crippen LogP contribution in [0.4, 0.5) is 0 Å². The van der Waals surface area contributed by atoms with Crippen LogP contribution in [0.2, 0.25) is 0 Å². The molecule has 24 heavy (non-hydrogen) atoms. The first-order valence-electron chi connectivity index (χ1n) is 7.86. The Morgan fingerprint density at radius 2 is 1.25 bits per heavy atom. The summed E-state index contributed by atoms with van der Waals surface area (Å²) in [7, 11) is 0. The van der Waals surface area contributed by atoms with Crippen LogP contribution >= 0.6 is 0 Å². The van der Waals surface area contributed by atoms with E-state index in [0.29, 0.717) is 0 Å². The molecule has 0 radical (unpaired) electrons. The van der Waals surface area contributed by atoms with Gasteiger partial charge >= 0.3 is 0 Å². The minimum Gasteiger partial charge on any atom is -0.354 e. The van der Waals surface area contributed by atoms with Crippen molar-refractivity contribution in [2.45, 2.75) is 0 Å². The summed E-state index contributed by atoms with van der Waals surface area (Å²) in [6.07, 6.45) is 8.03. The minimum atomic E-state index is 0.899. The SMILES string of the molecule is C1=Cc2nc1cccc1ccc([nH]1)c1ccc(cc3nc2C=C3)[nH]1. The summed E-state index contributed by atoms with van der Waals surface area (Å²) in [5.74, 6) is 0. The normalized spacial score (nSPS) is 12.7. The highest BCUT2D eigenvalue weighted by molar-refractivity contribution is 5.82. The standard InChI is InChI=1S/C20H14N4/c1-2-13-4-8-17(21-13)19-10-6-15(23-19)12-16-7-11-20(24-16)18-9-5-14(3-1)22-18/h1-12,21,23H. The summed E-state index contributed by atoms with van der Waals surface area (Å²) in [5, 5.41) is 0. The van der Waals surface area contributed by atoms with Gasteiger partial charge < -0.3 is 9.97 Å². The summed E-state index contributed by atoms with van der Waals surface area (Å²) in [5.41, 5.74) is 7.85. The maximum absolute atomic E-state index is 4.66. The lowest BCUT2D eigenvalue weighted by Crippen LogP contribution is -1.81. The van der Waals surface area contributed by atoms with Crippen LogP contribution in [-0.4, -0.2) is 19.9 Å². The highest BCUT2D eigenvalue weighted by Gasteiger charge is 2.06. The van der Waals surface area contributed by atoms with Crippen molar-refractivity contribution in [1.29, 1.82) is 0 Å². The summed E-state index contributed by atoms with van der Waals surface area (Å²) >= 11 is 0. The first-order valence-corrected chi connectivity index (χ1v) is 7.86. The van der Waals surface area contributed by atoms with Gasteiger partial charge in [0, 0.05) is 11.0 Å². The third kappa shape index (κ3) is 2.25. The zero-order valence-electron chi connectivity index (χ0n) is 12.8. The summed E-state index contributed by atoms with van der Waals surface area (Å²) in [6, 6.07) is 16.4. The molecular formula is C20H14N4. The van der Waals surface area contributed by atoms with Crippen molar-refractivity contribution < 1.29 is 0 Å². The zero-order valence-corrected chi connectivity index (χ0v) is 12.8. The van der Waals surface area contributed by atoms with Gasteiger partial charge in [0.05, 0.1) is 33.8 Å². The highest BCUT2D eigenvalue weighted by atomic mass is 14.8. The number of hydrogen-bond donors (Lipinski definition) is 2. The molecule has 0 amide bonds. The van der Waals surface area contributed by atoms with Crippen molar-refractivity contribution in [3.05, 3.63) is 71.3 Å². The van der Waals surface area contributed by atoms with E-state index in [9.17, 15) is 0 Å². The Morgan fingerprint density at radius 3 is 2.08 bits per heavy atom. The molecule has 2 N–H and O–H groups in total. The molecular weight excluding hydrogens is 296 g/mol. The van der Waals surface area contributed by atoms with Crippen LogP contribution < -0.4 is 0 Å². The van der Waals surface area contributed by atoms with Crippen molar-refractivity contribution >= 4 is 46.4 Å². The van der Waals surface area contributed by atoms with Gasteiger partial charge in [-0.25, -0.2) is 9.97 Å². The summed E-state index contributed by atoms with van der Waals surface area (Å²) in [4.78, 5) is 16.1. The molecule has 114 valence electrons. The smallest absolute Gasteiger partial charge is 0.0894 e. The third-order valence-electron chi connectivity index (χ3n) is 4.14. The van der Waals surface area contributed by atoms with E-state index in [1.165, 1.54) is 0 Å². The Balaban J connectivity index is 1.86. The van der Waals surface area contributed by atoms with E-state index in [1.807, 2.05) is 48.6 Å². The van der Waals surface area contributed by atoms with E-state index in [0.717, 1.165) is 44.8 Å². The Morgan fingerprint density at radius 1 is 0.583 bits per heavy atom. The van der Waals surface area contributed by atoms with Crippen molar-refractivity contribution in [3.8, 4) is 0 Å². The number of aromatic amines is 2. The average Bonchev–Trinajstić information content (AvgIpc) is 3.34. The Kier molecular flexibility index (Phi) is 2.76. The summed E-state index contributed by atoms with van der Waals surface area (Å²) < 4.78 is 0. The van der Waals surface area contributed by atoms with Crippen LogP contribution in [0.1, 0.15) is 22.8 Å². The highest BCUT2D eigenvalue weighted by Crippen LogP contribution is 2.19. The lowest BCUT2D eigenvalue weighted by Gasteiger charge is -1.87. The Labute approximate surface area is 138 Å². The second-order valence-electron chi connectivity index (χ2n) is 5.84. The fraction of sp³-hybridized carbons (Fsp3) is 0. The fourth-order valence-corrected chi connectivity index (χ4v) is 2.94. The van der Waals surface area contributed by atoms with Gasteiger partial charge in [0.2, 0.25) is 0 Å². The number of nitrogens with one attached hydrogen (secondary N) is 2.